The van der Waals surface area contributed by atoms with E-state index in [4.69, 9.17) is 9.05 Å². The molecule has 0 aromatic carbocycles. The van der Waals surface area contributed by atoms with Crippen molar-refractivity contribution in [1.29, 1.82) is 0 Å². The van der Waals surface area contributed by atoms with Crippen LogP contribution in [0.25, 0.3) is 0 Å². The molecule has 0 radical (unpaired) electrons. The summed E-state index contributed by atoms with van der Waals surface area (Å²) in [4.78, 5) is 22.9. The van der Waals surface area contributed by atoms with E-state index in [0.29, 0.717) is 17.4 Å². The lowest BCUT2D eigenvalue weighted by molar-refractivity contribution is -0.870. The minimum absolute atomic E-state index is 0.0514. The van der Waals surface area contributed by atoms with Crippen LogP contribution in [0.5, 0.6) is 0 Å². The Kier molecular flexibility index (Phi) is 30.4. The van der Waals surface area contributed by atoms with Crippen LogP contribution in [0.3, 0.4) is 0 Å². The topological polar surface area (TPSA) is 105 Å². The van der Waals surface area contributed by atoms with Crippen molar-refractivity contribution in [2.24, 2.45) is 0 Å². The highest BCUT2D eigenvalue weighted by molar-refractivity contribution is 7.47. The fourth-order valence-corrected chi connectivity index (χ4v) is 5.64. The van der Waals surface area contributed by atoms with Crippen LogP contribution < -0.4 is 5.32 Å². The summed E-state index contributed by atoms with van der Waals surface area (Å²) in [6, 6.07) is -0.868. The van der Waals surface area contributed by atoms with E-state index in [1.165, 1.54) is 57.8 Å². The molecule has 48 heavy (non-hydrogen) atoms. The van der Waals surface area contributed by atoms with Crippen molar-refractivity contribution < 1.29 is 32.9 Å². The molecule has 0 aliphatic rings. The first-order valence-corrected chi connectivity index (χ1v) is 20.5. The zero-order valence-corrected chi connectivity index (χ0v) is 32.4. The average Bonchev–Trinajstić information content (AvgIpc) is 3.02. The second kappa shape index (κ2) is 31.4. The van der Waals surface area contributed by atoms with E-state index in [9.17, 15) is 19.4 Å². The van der Waals surface area contributed by atoms with Gasteiger partial charge in [0.1, 0.15) is 13.2 Å². The summed E-state index contributed by atoms with van der Waals surface area (Å²) < 4.78 is 23.4. The van der Waals surface area contributed by atoms with Gasteiger partial charge in [0.2, 0.25) is 5.91 Å². The third-order valence-corrected chi connectivity index (χ3v) is 9.01. The highest BCUT2D eigenvalue weighted by Crippen LogP contribution is 2.43. The maximum Gasteiger partial charge on any atom is 0.472 e. The maximum atomic E-state index is 12.8. The number of nitrogens with one attached hydrogen (secondary N) is 1. The Balaban J connectivity index is 4.57. The minimum Gasteiger partial charge on any atom is -0.387 e. The Bertz CT molecular complexity index is 928. The van der Waals surface area contributed by atoms with Gasteiger partial charge >= 0.3 is 7.82 Å². The number of phosphoric ester groups is 1. The predicted octanol–water partition coefficient (Wildman–Crippen LogP) is 9.74. The molecule has 9 heteroatoms. The van der Waals surface area contributed by atoms with E-state index in [-0.39, 0.29) is 19.1 Å². The van der Waals surface area contributed by atoms with E-state index in [2.05, 4.69) is 55.6 Å². The van der Waals surface area contributed by atoms with Gasteiger partial charge in [-0.05, 0) is 64.2 Å². The van der Waals surface area contributed by atoms with Crippen LogP contribution in [-0.4, -0.2) is 73.4 Å². The van der Waals surface area contributed by atoms with Gasteiger partial charge in [-0.2, -0.15) is 0 Å². The molecule has 0 aromatic rings. The number of rotatable bonds is 33. The number of nitrogens with zero attached hydrogens (tertiary/aromatic N) is 1. The van der Waals surface area contributed by atoms with Gasteiger partial charge in [0.05, 0.1) is 39.9 Å². The Labute approximate surface area is 295 Å². The molecular formula is C39H74N2O6P+. The molecule has 0 bridgehead atoms. The summed E-state index contributed by atoms with van der Waals surface area (Å²) >= 11 is 0. The maximum absolute atomic E-state index is 12.8. The molecule has 0 rings (SSSR count). The normalized spacial score (nSPS) is 15.2. The number of aliphatic hydroxyl groups is 1. The van der Waals surface area contributed by atoms with E-state index < -0.39 is 20.0 Å². The monoisotopic (exact) mass is 698 g/mol. The minimum atomic E-state index is -4.34. The van der Waals surface area contributed by atoms with Crippen LogP contribution in [0.15, 0.2) is 48.6 Å². The highest BCUT2D eigenvalue weighted by Gasteiger charge is 2.27. The number of likely N-dealkylation sites (N-methyl/N-ethyl adjacent to an activating group) is 1. The molecule has 3 atom stereocenters. The fourth-order valence-electron chi connectivity index (χ4n) is 4.91. The number of allylic oxidation sites excluding steroid dienone is 7. The zero-order valence-electron chi connectivity index (χ0n) is 31.5. The van der Waals surface area contributed by atoms with E-state index in [0.717, 1.165) is 64.2 Å². The van der Waals surface area contributed by atoms with Crippen LogP contribution in [0, 0.1) is 0 Å². The molecule has 0 aromatic heterocycles. The van der Waals surface area contributed by atoms with Crippen LogP contribution >= 0.6 is 7.82 Å². The lowest BCUT2D eigenvalue weighted by atomic mass is 10.1. The van der Waals surface area contributed by atoms with Crippen molar-refractivity contribution in [3.63, 3.8) is 0 Å². The molecule has 0 aliphatic carbocycles. The summed E-state index contributed by atoms with van der Waals surface area (Å²) in [5.41, 5.74) is 0. The lowest BCUT2D eigenvalue weighted by Crippen LogP contribution is -2.45. The van der Waals surface area contributed by atoms with Crippen molar-refractivity contribution in [3.8, 4) is 0 Å². The molecule has 3 unspecified atom stereocenters. The molecule has 0 spiro atoms. The largest absolute Gasteiger partial charge is 0.472 e. The van der Waals surface area contributed by atoms with Gasteiger partial charge in [0.15, 0.2) is 0 Å². The van der Waals surface area contributed by atoms with E-state index >= 15 is 0 Å². The smallest absolute Gasteiger partial charge is 0.387 e. The third-order valence-electron chi connectivity index (χ3n) is 8.02. The molecule has 8 nitrogen and oxygen atoms in total. The molecule has 0 saturated carbocycles. The van der Waals surface area contributed by atoms with Crippen LogP contribution in [0.1, 0.15) is 142 Å². The molecular weight excluding hydrogens is 623 g/mol. The molecule has 0 saturated heterocycles. The highest BCUT2D eigenvalue weighted by atomic mass is 31.2. The van der Waals surface area contributed by atoms with E-state index in [1.54, 1.807) is 6.08 Å². The fraction of sp³-hybridized carbons (Fsp3) is 0.769. The molecule has 0 fully saturated rings. The van der Waals surface area contributed by atoms with Crippen molar-refractivity contribution in [2.45, 2.75) is 154 Å². The Hall–Kier alpha value is -1.54. The molecule has 1 amide bonds. The van der Waals surface area contributed by atoms with Crippen LogP contribution in [0.2, 0.25) is 0 Å². The number of carbonyl (C=O) groups is 1. The number of quaternary nitrogens is 1. The summed E-state index contributed by atoms with van der Waals surface area (Å²) in [7, 11) is 1.53. The zero-order chi connectivity index (χ0) is 35.8. The van der Waals surface area contributed by atoms with Crippen molar-refractivity contribution in [2.75, 3.05) is 40.9 Å². The Morgan fingerprint density at radius 3 is 1.79 bits per heavy atom. The molecule has 0 heterocycles. The Morgan fingerprint density at radius 2 is 1.21 bits per heavy atom. The van der Waals surface area contributed by atoms with Crippen molar-refractivity contribution in [3.05, 3.63) is 48.6 Å². The first kappa shape index (κ1) is 46.5. The van der Waals surface area contributed by atoms with Crippen molar-refractivity contribution >= 4 is 13.7 Å². The van der Waals surface area contributed by atoms with Gasteiger partial charge in [-0.25, -0.2) is 4.57 Å². The lowest BCUT2D eigenvalue weighted by Gasteiger charge is -2.25. The summed E-state index contributed by atoms with van der Waals surface area (Å²) in [6.45, 7) is 4.69. The quantitative estimate of drug-likeness (QED) is 0.0273. The molecule has 3 N–H and O–H groups in total. The SMILES string of the molecule is CCCCCC/C=C\C/C=C\CCCCCCCC(=O)NC(COP(=O)(O)OCC[N+](C)(C)C)C(O)/C=C/CC/C=C/CCCCCC. The number of unbranched alkanes of at least 4 members (excludes halogenated alkanes) is 14. The van der Waals surface area contributed by atoms with Crippen LogP contribution in [0.4, 0.5) is 0 Å². The van der Waals surface area contributed by atoms with Gasteiger partial charge in [-0.1, -0.05) is 120 Å². The number of hydrogen-bond donors (Lipinski definition) is 3. The van der Waals surface area contributed by atoms with Gasteiger partial charge in [0.25, 0.3) is 0 Å². The second-order valence-corrected chi connectivity index (χ2v) is 15.4. The van der Waals surface area contributed by atoms with Crippen molar-refractivity contribution in [1.82, 2.24) is 5.32 Å². The number of amides is 1. The first-order valence-electron chi connectivity index (χ1n) is 19.0. The number of aliphatic hydroxyl groups excluding tert-OH is 1. The second-order valence-electron chi connectivity index (χ2n) is 13.9. The number of phosphoric acid groups is 1. The third kappa shape index (κ3) is 33.0. The standard InChI is InChI=1S/C39H73N2O6P/c1-6-8-10-12-14-16-18-19-20-21-22-23-25-27-29-31-33-39(43)40-37(36-47-48(44,45)46-35-34-41(3,4)5)38(42)32-30-28-26-24-17-15-13-11-9-7-2/h16-18,20-21,24,30,32,37-38,42H,6-15,19,22-23,25-29,31,33-36H2,1-5H3,(H-,40,43,44,45)/p+1/b18-16-,21-20-,24-17+,32-30+. The van der Waals surface area contributed by atoms with E-state index in [1.807, 2.05) is 27.2 Å². The van der Waals surface area contributed by atoms with Gasteiger partial charge < -0.3 is 19.8 Å². The van der Waals surface area contributed by atoms with Gasteiger partial charge in [-0.3, -0.25) is 13.8 Å². The summed E-state index contributed by atoms with van der Waals surface area (Å²) in [5, 5.41) is 13.7. The average molecular weight is 698 g/mol. The number of hydrogen-bond acceptors (Lipinski definition) is 5. The summed E-state index contributed by atoms with van der Waals surface area (Å²) in [5.74, 6) is -0.206. The molecule has 0 aliphatic heterocycles. The first-order chi connectivity index (χ1) is 23.0. The Morgan fingerprint density at radius 1 is 0.708 bits per heavy atom. The predicted molar refractivity (Wildman–Crippen MR) is 203 cm³/mol. The molecule has 280 valence electrons. The van der Waals surface area contributed by atoms with Gasteiger partial charge in [-0.15, -0.1) is 0 Å². The number of carbonyl (C=O) groups excluding carboxylic acids is 1. The van der Waals surface area contributed by atoms with Gasteiger partial charge in [0, 0.05) is 6.42 Å². The summed E-state index contributed by atoms with van der Waals surface area (Å²) in [6.07, 6.45) is 37.5. The van der Waals surface area contributed by atoms with Crippen LogP contribution in [-0.2, 0) is 18.4 Å².